The average Bonchev–Trinajstić information content (AvgIpc) is 2.39. The molecule has 96 valence electrons. The van der Waals surface area contributed by atoms with E-state index in [2.05, 4.69) is 16.4 Å². The minimum absolute atomic E-state index is 0.241. The quantitative estimate of drug-likeness (QED) is 0.818. The summed E-state index contributed by atoms with van der Waals surface area (Å²) in [6, 6.07) is 9.92. The Balaban J connectivity index is 2.18. The van der Waals surface area contributed by atoms with E-state index >= 15 is 0 Å². The highest BCUT2D eigenvalue weighted by atomic mass is 16.2. The summed E-state index contributed by atoms with van der Waals surface area (Å²) >= 11 is 0. The van der Waals surface area contributed by atoms with Gasteiger partial charge in [0.1, 0.15) is 5.69 Å². The van der Waals surface area contributed by atoms with Gasteiger partial charge in [-0.15, -0.1) is 0 Å². The Hall–Kier alpha value is -2.36. The first-order valence-electron chi connectivity index (χ1n) is 6.27. The van der Waals surface area contributed by atoms with Gasteiger partial charge in [-0.05, 0) is 30.0 Å². The zero-order valence-electron chi connectivity index (χ0n) is 10.6. The molecule has 0 aliphatic heterocycles. The van der Waals surface area contributed by atoms with Crippen molar-refractivity contribution in [3.8, 4) is 11.1 Å². The van der Waals surface area contributed by atoms with Crippen molar-refractivity contribution >= 4 is 11.6 Å². The normalized spacial score (nSPS) is 12.5. The van der Waals surface area contributed by atoms with Crippen molar-refractivity contribution in [1.82, 2.24) is 4.98 Å². The second-order valence-corrected chi connectivity index (χ2v) is 4.74. The lowest BCUT2D eigenvalue weighted by atomic mass is 9.88. The van der Waals surface area contributed by atoms with Crippen LogP contribution >= 0.6 is 0 Å². The first-order valence-corrected chi connectivity index (χ1v) is 6.27. The number of aromatic amines is 1. The maximum absolute atomic E-state index is 11.9. The zero-order valence-corrected chi connectivity index (χ0v) is 10.6. The molecule has 1 aromatic carbocycles. The van der Waals surface area contributed by atoms with Gasteiger partial charge in [-0.3, -0.25) is 9.59 Å². The molecule has 19 heavy (non-hydrogen) atoms. The van der Waals surface area contributed by atoms with Gasteiger partial charge in [0.2, 0.25) is 5.91 Å². The minimum atomic E-state index is -0.242. The van der Waals surface area contributed by atoms with Crippen molar-refractivity contribution in [1.29, 1.82) is 0 Å². The summed E-state index contributed by atoms with van der Waals surface area (Å²) in [5.41, 5.74) is 4.42. The number of carbonyl (C=O) groups excluding carboxylic acids is 1. The molecular formula is C15H14N2O2. The first-order chi connectivity index (χ1) is 9.15. The third-order valence-electron chi connectivity index (χ3n) is 3.39. The van der Waals surface area contributed by atoms with Crippen molar-refractivity contribution in [3.05, 3.63) is 51.9 Å². The van der Waals surface area contributed by atoms with Gasteiger partial charge in [-0.25, -0.2) is 0 Å². The number of anilines is 1. The number of H-pyrrole nitrogens is 1. The number of carbonyl (C=O) groups is 1. The van der Waals surface area contributed by atoms with E-state index in [-0.39, 0.29) is 11.5 Å². The van der Waals surface area contributed by atoms with E-state index in [0.717, 1.165) is 29.7 Å². The summed E-state index contributed by atoms with van der Waals surface area (Å²) in [6.07, 6.45) is 1.75. The Bertz CT molecular complexity index is 716. The molecule has 4 heteroatoms. The Morgan fingerprint density at radius 1 is 1.21 bits per heavy atom. The van der Waals surface area contributed by atoms with Crippen LogP contribution < -0.4 is 10.9 Å². The molecule has 3 rings (SSSR count). The number of pyridine rings is 1. The largest absolute Gasteiger partial charge is 0.324 e. The molecule has 0 bridgehead atoms. The maximum Gasteiger partial charge on any atom is 0.271 e. The van der Waals surface area contributed by atoms with Crippen LogP contribution in [0.25, 0.3) is 11.1 Å². The van der Waals surface area contributed by atoms with E-state index in [9.17, 15) is 9.59 Å². The third-order valence-corrected chi connectivity index (χ3v) is 3.39. The molecule has 0 atom stereocenters. The van der Waals surface area contributed by atoms with Crippen LogP contribution in [0.2, 0.25) is 0 Å². The van der Waals surface area contributed by atoms with Crippen LogP contribution in [0.5, 0.6) is 0 Å². The average molecular weight is 254 g/mol. The molecule has 0 fully saturated rings. The fourth-order valence-corrected chi connectivity index (χ4v) is 2.55. The molecule has 1 heterocycles. The van der Waals surface area contributed by atoms with Crippen LogP contribution in [0.1, 0.15) is 18.2 Å². The molecule has 4 nitrogen and oxygen atoms in total. The second-order valence-electron chi connectivity index (χ2n) is 4.74. The van der Waals surface area contributed by atoms with Crippen LogP contribution in [-0.4, -0.2) is 10.9 Å². The van der Waals surface area contributed by atoms with Crippen molar-refractivity contribution in [2.45, 2.75) is 19.8 Å². The van der Waals surface area contributed by atoms with Crippen LogP contribution in [-0.2, 0) is 17.6 Å². The van der Waals surface area contributed by atoms with Crippen LogP contribution in [0.4, 0.5) is 5.69 Å². The number of nitrogens with one attached hydrogen (secondary N) is 2. The SMILES string of the molecule is CC(=O)Nc1cc2c([nH]c1=O)CCc1ccccc1-2. The highest BCUT2D eigenvalue weighted by Crippen LogP contribution is 2.32. The summed E-state index contributed by atoms with van der Waals surface area (Å²) in [4.78, 5) is 25.9. The molecule has 0 radical (unpaired) electrons. The van der Waals surface area contributed by atoms with E-state index < -0.39 is 0 Å². The highest BCUT2D eigenvalue weighted by Gasteiger charge is 2.18. The molecule has 1 amide bonds. The second kappa shape index (κ2) is 4.39. The third kappa shape index (κ3) is 2.05. The Morgan fingerprint density at radius 3 is 2.79 bits per heavy atom. The standard InChI is InChI=1S/C15H14N2O2/c1-9(18)16-14-8-12-11-5-3-2-4-10(11)6-7-13(12)17-15(14)19/h2-5,8H,6-7H2,1H3,(H,16,18)(H,17,19). The van der Waals surface area contributed by atoms with E-state index in [0.29, 0.717) is 5.69 Å². The van der Waals surface area contributed by atoms with E-state index in [1.807, 2.05) is 18.2 Å². The molecule has 1 aromatic heterocycles. The predicted octanol–water partition coefficient (Wildman–Crippen LogP) is 2.10. The number of fused-ring (bicyclic) bond motifs is 3. The van der Waals surface area contributed by atoms with Gasteiger partial charge in [-0.1, -0.05) is 24.3 Å². The molecule has 0 saturated heterocycles. The number of aryl methyl sites for hydroxylation is 2. The summed E-state index contributed by atoms with van der Waals surface area (Å²) < 4.78 is 0. The lowest BCUT2D eigenvalue weighted by Crippen LogP contribution is -2.20. The van der Waals surface area contributed by atoms with Crippen molar-refractivity contribution in [2.75, 3.05) is 5.32 Å². The maximum atomic E-state index is 11.9. The number of rotatable bonds is 1. The summed E-state index contributed by atoms with van der Waals surface area (Å²) in [7, 11) is 0. The molecule has 2 N–H and O–H groups in total. The summed E-state index contributed by atoms with van der Waals surface area (Å²) in [6.45, 7) is 1.40. The topological polar surface area (TPSA) is 62.0 Å². The monoisotopic (exact) mass is 254 g/mol. The fraction of sp³-hybridized carbons (Fsp3) is 0.200. The first kappa shape index (κ1) is 11.7. The summed E-state index contributed by atoms with van der Waals surface area (Å²) in [5.74, 6) is -0.241. The van der Waals surface area contributed by atoms with Crippen LogP contribution in [0, 0.1) is 0 Å². The van der Waals surface area contributed by atoms with Gasteiger partial charge in [0.15, 0.2) is 0 Å². The van der Waals surface area contributed by atoms with Crippen LogP contribution in [0.3, 0.4) is 0 Å². The van der Waals surface area contributed by atoms with E-state index in [4.69, 9.17) is 0 Å². The van der Waals surface area contributed by atoms with Crippen molar-refractivity contribution in [3.63, 3.8) is 0 Å². The molecule has 1 aliphatic carbocycles. The number of benzene rings is 1. The number of amides is 1. The van der Waals surface area contributed by atoms with Crippen molar-refractivity contribution in [2.24, 2.45) is 0 Å². The molecule has 2 aromatic rings. The lowest BCUT2D eigenvalue weighted by Gasteiger charge is -2.20. The summed E-state index contributed by atoms with van der Waals surface area (Å²) in [5, 5.41) is 2.57. The van der Waals surface area contributed by atoms with Gasteiger partial charge in [0, 0.05) is 18.2 Å². The number of aromatic nitrogens is 1. The van der Waals surface area contributed by atoms with Gasteiger partial charge in [0.05, 0.1) is 0 Å². The number of hydrogen-bond acceptors (Lipinski definition) is 2. The fourth-order valence-electron chi connectivity index (χ4n) is 2.55. The van der Waals surface area contributed by atoms with Crippen molar-refractivity contribution < 1.29 is 4.79 Å². The lowest BCUT2D eigenvalue weighted by molar-refractivity contribution is -0.114. The van der Waals surface area contributed by atoms with E-state index in [1.54, 1.807) is 6.07 Å². The minimum Gasteiger partial charge on any atom is -0.324 e. The van der Waals surface area contributed by atoms with Gasteiger partial charge >= 0.3 is 0 Å². The van der Waals surface area contributed by atoms with Gasteiger partial charge < -0.3 is 10.3 Å². The Morgan fingerprint density at radius 2 is 2.00 bits per heavy atom. The smallest absolute Gasteiger partial charge is 0.271 e. The van der Waals surface area contributed by atoms with Crippen LogP contribution in [0.15, 0.2) is 35.1 Å². The highest BCUT2D eigenvalue weighted by molar-refractivity contribution is 5.89. The van der Waals surface area contributed by atoms with E-state index in [1.165, 1.54) is 12.5 Å². The molecule has 0 saturated carbocycles. The predicted molar refractivity (Wildman–Crippen MR) is 74.2 cm³/mol. The van der Waals surface area contributed by atoms with Gasteiger partial charge in [-0.2, -0.15) is 0 Å². The zero-order chi connectivity index (χ0) is 13.4. The Labute approximate surface area is 110 Å². The van der Waals surface area contributed by atoms with Gasteiger partial charge in [0.25, 0.3) is 5.56 Å². The molecule has 0 unspecified atom stereocenters. The molecule has 0 spiro atoms. The Kier molecular flexibility index (Phi) is 2.71. The molecule has 1 aliphatic rings. The number of hydrogen-bond donors (Lipinski definition) is 2. The molecular weight excluding hydrogens is 240 g/mol.